The molecule has 1 aromatic rings. The predicted octanol–water partition coefficient (Wildman–Crippen LogP) is 1.95. The van der Waals surface area contributed by atoms with Crippen molar-refractivity contribution in [3.05, 3.63) is 23.8 Å². The van der Waals surface area contributed by atoms with Crippen molar-refractivity contribution in [2.75, 3.05) is 19.8 Å². The fourth-order valence-electron chi connectivity index (χ4n) is 1.79. The van der Waals surface area contributed by atoms with Crippen LogP contribution in [0.1, 0.15) is 11.6 Å². The normalized spacial score (nSPS) is 20.7. The summed E-state index contributed by atoms with van der Waals surface area (Å²) < 4.78 is 45.3. The van der Waals surface area contributed by atoms with Gasteiger partial charge in [0.15, 0.2) is 11.5 Å². The zero-order valence-corrected chi connectivity index (χ0v) is 9.33. The SMILES string of the molecule is Oc1c(OC(F)(F)F)cccc1[C@H]1COCCN1. The maximum Gasteiger partial charge on any atom is 0.573 e. The number of rotatable bonds is 2. The fourth-order valence-corrected chi connectivity index (χ4v) is 1.79. The summed E-state index contributed by atoms with van der Waals surface area (Å²) in [7, 11) is 0. The lowest BCUT2D eigenvalue weighted by atomic mass is 10.1. The van der Waals surface area contributed by atoms with Gasteiger partial charge >= 0.3 is 6.36 Å². The van der Waals surface area contributed by atoms with Crippen LogP contribution in [0.15, 0.2) is 18.2 Å². The zero-order chi connectivity index (χ0) is 13.2. The maximum atomic E-state index is 12.1. The van der Waals surface area contributed by atoms with Gasteiger partial charge in [-0.15, -0.1) is 13.2 Å². The summed E-state index contributed by atoms with van der Waals surface area (Å²) in [5.74, 6) is -1.12. The number of ether oxygens (including phenoxy) is 2. The van der Waals surface area contributed by atoms with Crippen molar-refractivity contribution in [1.82, 2.24) is 5.32 Å². The topological polar surface area (TPSA) is 50.7 Å². The van der Waals surface area contributed by atoms with Gasteiger partial charge < -0.3 is 19.9 Å². The summed E-state index contributed by atoms with van der Waals surface area (Å²) in [5, 5.41) is 12.8. The second-order valence-electron chi connectivity index (χ2n) is 3.82. The van der Waals surface area contributed by atoms with E-state index in [0.29, 0.717) is 25.3 Å². The molecule has 1 aliphatic heterocycles. The average molecular weight is 263 g/mol. The van der Waals surface area contributed by atoms with E-state index in [9.17, 15) is 18.3 Å². The third kappa shape index (κ3) is 3.05. The number of hydrogen-bond acceptors (Lipinski definition) is 4. The molecule has 2 N–H and O–H groups in total. The molecule has 0 aliphatic carbocycles. The lowest BCUT2D eigenvalue weighted by Gasteiger charge is -2.25. The minimum atomic E-state index is -4.83. The summed E-state index contributed by atoms with van der Waals surface area (Å²) in [6, 6.07) is 3.66. The van der Waals surface area contributed by atoms with Gasteiger partial charge in [0.1, 0.15) is 0 Å². The van der Waals surface area contributed by atoms with Crippen LogP contribution < -0.4 is 10.1 Å². The number of alkyl halides is 3. The molecule has 0 radical (unpaired) electrons. The van der Waals surface area contributed by atoms with Crippen molar-refractivity contribution in [3.8, 4) is 11.5 Å². The van der Waals surface area contributed by atoms with Crippen LogP contribution >= 0.6 is 0 Å². The third-order valence-electron chi connectivity index (χ3n) is 2.55. The van der Waals surface area contributed by atoms with Crippen LogP contribution in [0.25, 0.3) is 0 Å². The Morgan fingerprint density at radius 3 is 2.78 bits per heavy atom. The maximum absolute atomic E-state index is 12.1. The average Bonchev–Trinajstić information content (AvgIpc) is 2.31. The Kier molecular flexibility index (Phi) is 3.63. The molecule has 1 aliphatic rings. The van der Waals surface area contributed by atoms with Crippen molar-refractivity contribution in [3.63, 3.8) is 0 Å². The van der Waals surface area contributed by atoms with Crippen LogP contribution in [-0.2, 0) is 4.74 Å². The van der Waals surface area contributed by atoms with E-state index in [1.165, 1.54) is 12.1 Å². The number of halogens is 3. The number of para-hydroxylation sites is 1. The van der Waals surface area contributed by atoms with Gasteiger partial charge in [-0.1, -0.05) is 12.1 Å². The van der Waals surface area contributed by atoms with Crippen molar-refractivity contribution >= 4 is 0 Å². The van der Waals surface area contributed by atoms with Crippen LogP contribution in [0.5, 0.6) is 11.5 Å². The molecule has 0 amide bonds. The first-order valence-corrected chi connectivity index (χ1v) is 5.36. The van der Waals surface area contributed by atoms with Gasteiger partial charge in [0, 0.05) is 12.1 Å². The second kappa shape index (κ2) is 5.03. The van der Waals surface area contributed by atoms with Crippen molar-refractivity contribution < 1.29 is 27.8 Å². The second-order valence-corrected chi connectivity index (χ2v) is 3.82. The molecule has 1 heterocycles. The summed E-state index contributed by atoms with van der Waals surface area (Å²) in [6.45, 7) is 1.41. The van der Waals surface area contributed by atoms with E-state index >= 15 is 0 Å². The fraction of sp³-hybridized carbons (Fsp3) is 0.455. The van der Waals surface area contributed by atoms with Crippen LogP contribution in [0, 0.1) is 0 Å². The van der Waals surface area contributed by atoms with E-state index in [1.54, 1.807) is 0 Å². The van der Waals surface area contributed by atoms with Crippen LogP contribution in [0.2, 0.25) is 0 Å². The summed E-state index contributed by atoms with van der Waals surface area (Å²) in [5.41, 5.74) is 0.330. The predicted molar refractivity (Wildman–Crippen MR) is 56.4 cm³/mol. The monoisotopic (exact) mass is 263 g/mol. The summed E-state index contributed by atoms with van der Waals surface area (Å²) in [6.07, 6.45) is -4.83. The Hall–Kier alpha value is -1.47. The molecule has 1 saturated heterocycles. The Morgan fingerprint density at radius 2 is 2.17 bits per heavy atom. The molecular weight excluding hydrogens is 251 g/mol. The molecule has 0 bridgehead atoms. The van der Waals surface area contributed by atoms with Crippen LogP contribution in [0.3, 0.4) is 0 Å². The molecular formula is C11H12F3NO3. The van der Waals surface area contributed by atoms with Gasteiger partial charge in [-0.25, -0.2) is 0 Å². The van der Waals surface area contributed by atoms with Crippen molar-refractivity contribution in [1.29, 1.82) is 0 Å². The number of benzene rings is 1. The highest BCUT2D eigenvalue weighted by Crippen LogP contribution is 2.37. The van der Waals surface area contributed by atoms with Crippen molar-refractivity contribution in [2.24, 2.45) is 0 Å². The molecule has 18 heavy (non-hydrogen) atoms. The Morgan fingerprint density at radius 1 is 1.39 bits per heavy atom. The van der Waals surface area contributed by atoms with Crippen molar-refractivity contribution in [2.45, 2.75) is 12.4 Å². The minimum absolute atomic E-state index is 0.295. The van der Waals surface area contributed by atoms with E-state index in [-0.39, 0.29) is 6.04 Å². The number of nitrogens with one attached hydrogen (secondary N) is 1. The van der Waals surface area contributed by atoms with Gasteiger partial charge in [0.25, 0.3) is 0 Å². The molecule has 1 atom stereocenters. The lowest BCUT2D eigenvalue weighted by molar-refractivity contribution is -0.275. The molecule has 100 valence electrons. The molecule has 0 aromatic heterocycles. The number of phenolic OH excluding ortho intramolecular Hbond substituents is 1. The van der Waals surface area contributed by atoms with Crippen LogP contribution in [0.4, 0.5) is 13.2 Å². The van der Waals surface area contributed by atoms with Gasteiger partial charge in [-0.05, 0) is 6.07 Å². The third-order valence-corrected chi connectivity index (χ3v) is 2.55. The molecule has 0 saturated carbocycles. The number of hydrogen-bond donors (Lipinski definition) is 2. The Balaban J connectivity index is 2.23. The quantitative estimate of drug-likeness (QED) is 0.856. The first kappa shape index (κ1) is 13.0. The number of morpholine rings is 1. The highest BCUT2D eigenvalue weighted by Gasteiger charge is 2.33. The van der Waals surface area contributed by atoms with E-state index in [4.69, 9.17) is 4.74 Å². The zero-order valence-electron chi connectivity index (χ0n) is 9.33. The largest absolute Gasteiger partial charge is 0.573 e. The first-order valence-electron chi connectivity index (χ1n) is 5.36. The molecule has 1 fully saturated rings. The minimum Gasteiger partial charge on any atom is -0.504 e. The Bertz CT molecular complexity index is 416. The number of phenols is 1. The van der Waals surface area contributed by atoms with Crippen LogP contribution in [-0.4, -0.2) is 31.2 Å². The molecule has 1 aromatic carbocycles. The van der Waals surface area contributed by atoms with E-state index < -0.39 is 17.9 Å². The smallest absolute Gasteiger partial charge is 0.504 e. The van der Waals surface area contributed by atoms with E-state index in [1.807, 2.05) is 0 Å². The van der Waals surface area contributed by atoms with Gasteiger partial charge in [0.05, 0.1) is 19.3 Å². The molecule has 0 unspecified atom stereocenters. The Labute approximate surface area is 101 Å². The molecule has 0 spiro atoms. The lowest BCUT2D eigenvalue weighted by Crippen LogP contribution is -2.34. The first-order chi connectivity index (χ1) is 8.47. The van der Waals surface area contributed by atoms with Gasteiger partial charge in [-0.2, -0.15) is 0 Å². The standard InChI is InChI=1S/C11H12F3NO3/c12-11(13,14)18-9-3-1-2-7(10(9)16)8-6-17-5-4-15-8/h1-3,8,15-16H,4-6H2/t8-/m1/s1. The van der Waals surface area contributed by atoms with E-state index in [2.05, 4.69) is 10.1 Å². The van der Waals surface area contributed by atoms with Gasteiger partial charge in [-0.3, -0.25) is 0 Å². The highest BCUT2D eigenvalue weighted by atomic mass is 19.4. The van der Waals surface area contributed by atoms with E-state index in [0.717, 1.165) is 6.07 Å². The summed E-state index contributed by atoms with van der Waals surface area (Å²) in [4.78, 5) is 0. The molecule has 4 nitrogen and oxygen atoms in total. The molecule has 7 heteroatoms. The molecule has 2 rings (SSSR count). The highest BCUT2D eigenvalue weighted by molar-refractivity contribution is 5.47. The summed E-state index contributed by atoms with van der Waals surface area (Å²) >= 11 is 0. The number of aromatic hydroxyl groups is 1. The van der Waals surface area contributed by atoms with Gasteiger partial charge in [0.2, 0.25) is 0 Å².